The molecule has 1 aromatic heterocycles. The maximum absolute atomic E-state index is 6.17. The average Bonchev–Trinajstić information content (AvgIpc) is 2.75. The van der Waals surface area contributed by atoms with Crippen LogP contribution in [0.15, 0.2) is 30.5 Å². The molecule has 1 aromatic carbocycles. The van der Waals surface area contributed by atoms with Gasteiger partial charge in [-0.3, -0.25) is 0 Å². The molecule has 2 rings (SSSR count). The molecule has 0 spiro atoms. The van der Waals surface area contributed by atoms with Gasteiger partial charge in [-0.25, -0.2) is 4.98 Å². The first kappa shape index (κ1) is 13.5. The summed E-state index contributed by atoms with van der Waals surface area (Å²) in [4.78, 5) is 5.66. The second-order valence-electron chi connectivity index (χ2n) is 5.22. The lowest BCUT2D eigenvalue weighted by molar-refractivity contribution is 0.426. The van der Waals surface area contributed by atoms with E-state index in [9.17, 15) is 0 Å². The summed E-state index contributed by atoms with van der Waals surface area (Å²) in [7, 11) is 0. The van der Waals surface area contributed by atoms with Gasteiger partial charge in [0.15, 0.2) is 0 Å². The van der Waals surface area contributed by atoms with Gasteiger partial charge in [0.05, 0.1) is 5.02 Å². The van der Waals surface area contributed by atoms with Gasteiger partial charge in [0, 0.05) is 28.7 Å². The molecule has 4 heteroatoms. The number of benzene rings is 1. The Bertz CT molecular complexity index is 529. The monoisotopic (exact) mass is 280 g/mol. The molecule has 18 heavy (non-hydrogen) atoms. The molecule has 0 aliphatic carbocycles. The molecule has 2 aromatic rings. The first-order chi connectivity index (χ1) is 8.46. The van der Waals surface area contributed by atoms with Crippen molar-refractivity contribution in [1.29, 1.82) is 0 Å². The number of hydrogen-bond donors (Lipinski definition) is 1. The van der Waals surface area contributed by atoms with Gasteiger partial charge in [0.2, 0.25) is 0 Å². The van der Waals surface area contributed by atoms with E-state index in [-0.39, 0.29) is 5.54 Å². The number of aromatic nitrogens is 1. The van der Waals surface area contributed by atoms with Gasteiger partial charge >= 0.3 is 0 Å². The van der Waals surface area contributed by atoms with Gasteiger partial charge in [-0.15, -0.1) is 11.3 Å². The van der Waals surface area contributed by atoms with Crippen LogP contribution in [0, 0.1) is 0 Å². The largest absolute Gasteiger partial charge is 0.307 e. The Balaban J connectivity index is 2.14. The minimum atomic E-state index is 0.120. The third kappa shape index (κ3) is 3.55. The quantitative estimate of drug-likeness (QED) is 0.904. The lowest BCUT2D eigenvalue weighted by Crippen LogP contribution is -2.34. The van der Waals surface area contributed by atoms with Gasteiger partial charge in [-0.05, 0) is 26.8 Å². The van der Waals surface area contributed by atoms with E-state index in [4.69, 9.17) is 11.6 Å². The van der Waals surface area contributed by atoms with E-state index in [1.807, 2.05) is 30.5 Å². The maximum Gasteiger partial charge on any atom is 0.125 e. The van der Waals surface area contributed by atoms with Crippen LogP contribution in [-0.2, 0) is 6.54 Å². The lowest BCUT2D eigenvalue weighted by atomic mass is 10.1. The van der Waals surface area contributed by atoms with Gasteiger partial charge < -0.3 is 5.32 Å². The Morgan fingerprint density at radius 1 is 1.28 bits per heavy atom. The zero-order chi connectivity index (χ0) is 13.2. The van der Waals surface area contributed by atoms with Crippen molar-refractivity contribution < 1.29 is 0 Å². The highest BCUT2D eigenvalue weighted by atomic mass is 35.5. The molecule has 0 unspecified atom stereocenters. The summed E-state index contributed by atoms with van der Waals surface area (Å²) in [6.07, 6.45) is 1.92. The van der Waals surface area contributed by atoms with Crippen molar-refractivity contribution in [2.45, 2.75) is 32.9 Å². The Morgan fingerprint density at radius 3 is 2.67 bits per heavy atom. The molecule has 0 aliphatic heterocycles. The number of hydrogen-bond acceptors (Lipinski definition) is 3. The highest BCUT2D eigenvalue weighted by Crippen LogP contribution is 2.30. The van der Waals surface area contributed by atoms with Gasteiger partial charge in [0.25, 0.3) is 0 Å². The summed E-state index contributed by atoms with van der Waals surface area (Å²) in [5.74, 6) is 0. The molecule has 0 saturated carbocycles. The van der Waals surface area contributed by atoms with Gasteiger partial charge in [-0.1, -0.05) is 29.8 Å². The predicted molar refractivity (Wildman–Crippen MR) is 79.2 cm³/mol. The van der Waals surface area contributed by atoms with Crippen LogP contribution in [0.5, 0.6) is 0 Å². The summed E-state index contributed by atoms with van der Waals surface area (Å²) < 4.78 is 0. The lowest BCUT2D eigenvalue weighted by Gasteiger charge is -2.19. The van der Waals surface area contributed by atoms with Crippen LogP contribution in [0.2, 0.25) is 5.02 Å². The highest BCUT2D eigenvalue weighted by molar-refractivity contribution is 7.15. The summed E-state index contributed by atoms with van der Waals surface area (Å²) >= 11 is 7.85. The summed E-state index contributed by atoms with van der Waals surface area (Å²) in [6.45, 7) is 7.31. The normalized spacial score (nSPS) is 11.8. The van der Waals surface area contributed by atoms with Crippen LogP contribution in [0.1, 0.15) is 25.6 Å². The van der Waals surface area contributed by atoms with Crippen molar-refractivity contribution in [2.75, 3.05) is 0 Å². The Labute approximate surface area is 117 Å². The van der Waals surface area contributed by atoms with Crippen molar-refractivity contribution in [3.8, 4) is 10.6 Å². The van der Waals surface area contributed by atoms with Crippen LogP contribution in [0.25, 0.3) is 10.6 Å². The molecule has 2 nitrogen and oxygen atoms in total. The molecule has 1 N–H and O–H groups in total. The van der Waals surface area contributed by atoms with E-state index in [1.54, 1.807) is 11.3 Å². The molecule has 0 aliphatic rings. The number of nitrogens with one attached hydrogen (secondary N) is 1. The molecule has 0 fully saturated rings. The molecule has 0 bridgehead atoms. The Kier molecular flexibility index (Phi) is 4.05. The molecular weight excluding hydrogens is 264 g/mol. The number of nitrogens with zero attached hydrogens (tertiary/aromatic N) is 1. The second kappa shape index (κ2) is 5.39. The Morgan fingerprint density at radius 2 is 2.00 bits per heavy atom. The number of thiazole rings is 1. The molecule has 0 amide bonds. The molecular formula is C14H17ClN2S. The summed E-state index contributed by atoms with van der Waals surface area (Å²) in [6, 6.07) is 7.81. The van der Waals surface area contributed by atoms with Crippen LogP contribution in [0.3, 0.4) is 0 Å². The minimum Gasteiger partial charge on any atom is -0.307 e. The number of halogens is 1. The van der Waals surface area contributed by atoms with Gasteiger partial charge in [-0.2, -0.15) is 0 Å². The zero-order valence-electron chi connectivity index (χ0n) is 10.8. The Hall–Kier alpha value is -0.900. The average molecular weight is 281 g/mol. The molecule has 96 valence electrons. The van der Waals surface area contributed by atoms with E-state index < -0.39 is 0 Å². The number of rotatable bonds is 3. The fourth-order valence-electron chi connectivity index (χ4n) is 1.50. The van der Waals surface area contributed by atoms with E-state index in [1.165, 1.54) is 4.88 Å². The molecule has 0 radical (unpaired) electrons. The first-order valence-corrected chi connectivity index (χ1v) is 7.10. The smallest absolute Gasteiger partial charge is 0.125 e. The topological polar surface area (TPSA) is 24.9 Å². The first-order valence-electron chi connectivity index (χ1n) is 5.90. The third-order valence-electron chi connectivity index (χ3n) is 2.45. The molecule has 0 saturated heterocycles. The zero-order valence-corrected chi connectivity index (χ0v) is 12.4. The van der Waals surface area contributed by atoms with Crippen LogP contribution >= 0.6 is 22.9 Å². The van der Waals surface area contributed by atoms with Crippen LogP contribution < -0.4 is 5.32 Å². The van der Waals surface area contributed by atoms with Crippen molar-refractivity contribution in [1.82, 2.24) is 10.3 Å². The minimum absolute atomic E-state index is 0.120. The van der Waals surface area contributed by atoms with Crippen LogP contribution in [-0.4, -0.2) is 10.5 Å². The maximum atomic E-state index is 6.17. The van der Waals surface area contributed by atoms with Crippen molar-refractivity contribution >= 4 is 22.9 Å². The SMILES string of the molecule is CC(C)(C)NCc1cnc(-c2ccccc2Cl)s1. The fraction of sp³-hybridized carbons (Fsp3) is 0.357. The van der Waals surface area contributed by atoms with Crippen LogP contribution in [0.4, 0.5) is 0 Å². The molecule has 0 atom stereocenters. The van der Waals surface area contributed by atoms with Crippen molar-refractivity contribution in [2.24, 2.45) is 0 Å². The summed E-state index contributed by atoms with van der Waals surface area (Å²) in [5, 5.41) is 5.19. The third-order valence-corrected chi connectivity index (χ3v) is 3.81. The van der Waals surface area contributed by atoms with E-state index in [0.29, 0.717) is 0 Å². The summed E-state index contributed by atoms with van der Waals surface area (Å²) in [5.41, 5.74) is 1.13. The van der Waals surface area contributed by atoms with E-state index >= 15 is 0 Å². The van der Waals surface area contributed by atoms with Gasteiger partial charge in [0.1, 0.15) is 5.01 Å². The van der Waals surface area contributed by atoms with Crippen molar-refractivity contribution in [3.63, 3.8) is 0 Å². The fourth-order valence-corrected chi connectivity index (χ4v) is 2.67. The molecule has 1 heterocycles. The standard InChI is InChI=1S/C14H17ClN2S/c1-14(2,3)17-9-10-8-16-13(18-10)11-6-4-5-7-12(11)15/h4-8,17H,9H2,1-3H3. The highest BCUT2D eigenvalue weighted by Gasteiger charge is 2.11. The second-order valence-corrected chi connectivity index (χ2v) is 6.74. The van der Waals surface area contributed by atoms with Crippen molar-refractivity contribution in [3.05, 3.63) is 40.4 Å². The van der Waals surface area contributed by atoms with E-state index in [0.717, 1.165) is 22.1 Å². The van der Waals surface area contributed by atoms with E-state index in [2.05, 4.69) is 31.1 Å². The predicted octanol–water partition coefficient (Wildman–Crippen LogP) is 4.35.